The number of rotatable bonds is 2. The number of para-hydroxylation sites is 1. The topological polar surface area (TPSA) is 17.8 Å². The first-order valence-corrected chi connectivity index (χ1v) is 4.99. The predicted octanol–water partition coefficient (Wildman–Crippen LogP) is 3.13. The molecule has 1 aromatic carbocycles. The van der Waals surface area contributed by atoms with E-state index < -0.39 is 0 Å². The fraction of sp³-hybridized carbons (Fsp3) is 0.250. The first-order chi connectivity index (χ1) is 7.20. The Morgan fingerprint density at radius 2 is 1.93 bits per heavy atom. The number of nitrogens with zero attached hydrogens (tertiary/aromatic N) is 2. The maximum absolute atomic E-state index is 13.5. The number of halogens is 1. The van der Waals surface area contributed by atoms with E-state index in [2.05, 4.69) is 18.9 Å². The minimum atomic E-state index is -0.247. The van der Waals surface area contributed by atoms with Gasteiger partial charge in [0.25, 0.3) is 0 Å². The van der Waals surface area contributed by atoms with Gasteiger partial charge in [-0.1, -0.05) is 26.0 Å². The summed E-state index contributed by atoms with van der Waals surface area (Å²) in [5.41, 5.74) is 1.52. The Bertz CT molecular complexity index is 460. The van der Waals surface area contributed by atoms with Gasteiger partial charge in [-0.15, -0.1) is 0 Å². The minimum Gasteiger partial charge on any atom is -0.235 e. The van der Waals surface area contributed by atoms with Crippen LogP contribution in [0.15, 0.2) is 36.5 Å². The highest BCUT2D eigenvalue weighted by molar-refractivity contribution is 5.34. The van der Waals surface area contributed by atoms with Crippen LogP contribution in [0.2, 0.25) is 0 Å². The molecule has 15 heavy (non-hydrogen) atoms. The summed E-state index contributed by atoms with van der Waals surface area (Å²) >= 11 is 0. The Morgan fingerprint density at radius 3 is 2.60 bits per heavy atom. The van der Waals surface area contributed by atoms with E-state index in [0.717, 1.165) is 5.69 Å². The van der Waals surface area contributed by atoms with Crippen molar-refractivity contribution in [3.63, 3.8) is 0 Å². The van der Waals surface area contributed by atoms with Crippen molar-refractivity contribution in [2.45, 2.75) is 19.8 Å². The summed E-state index contributed by atoms with van der Waals surface area (Å²) < 4.78 is 15.2. The molecule has 2 aromatic rings. The fourth-order valence-corrected chi connectivity index (χ4v) is 1.58. The maximum atomic E-state index is 13.5. The van der Waals surface area contributed by atoms with Crippen molar-refractivity contribution in [3.05, 3.63) is 48.0 Å². The van der Waals surface area contributed by atoms with Crippen LogP contribution in [0.5, 0.6) is 0 Å². The molecule has 0 aliphatic carbocycles. The third-order valence-electron chi connectivity index (χ3n) is 2.34. The second-order valence-corrected chi connectivity index (χ2v) is 3.77. The molecule has 0 bridgehead atoms. The van der Waals surface area contributed by atoms with Gasteiger partial charge in [-0.3, -0.25) is 0 Å². The largest absolute Gasteiger partial charge is 0.235 e. The maximum Gasteiger partial charge on any atom is 0.148 e. The molecule has 2 rings (SSSR count). The van der Waals surface area contributed by atoms with E-state index >= 15 is 0 Å². The van der Waals surface area contributed by atoms with Crippen LogP contribution in [0, 0.1) is 5.82 Å². The molecule has 1 heterocycles. The fourth-order valence-electron chi connectivity index (χ4n) is 1.58. The summed E-state index contributed by atoms with van der Waals surface area (Å²) in [5.74, 6) is 0.0789. The molecule has 0 saturated carbocycles. The summed E-state index contributed by atoms with van der Waals surface area (Å²) in [6.45, 7) is 4.13. The minimum absolute atomic E-state index is 0.247. The highest BCUT2D eigenvalue weighted by Gasteiger charge is 2.10. The number of aromatic nitrogens is 2. The molecular weight excluding hydrogens is 191 g/mol. The molecule has 0 atom stereocenters. The van der Waals surface area contributed by atoms with E-state index in [0.29, 0.717) is 11.6 Å². The summed E-state index contributed by atoms with van der Waals surface area (Å²) in [6, 6.07) is 8.58. The van der Waals surface area contributed by atoms with Crippen molar-refractivity contribution >= 4 is 0 Å². The molecule has 0 fully saturated rings. The molecule has 0 radical (unpaired) electrons. The van der Waals surface area contributed by atoms with Crippen molar-refractivity contribution in [1.82, 2.24) is 9.78 Å². The molecule has 0 spiro atoms. The molecule has 1 aromatic heterocycles. The second-order valence-electron chi connectivity index (χ2n) is 3.77. The summed E-state index contributed by atoms with van der Waals surface area (Å²) in [7, 11) is 0. The molecule has 0 saturated heterocycles. The average Bonchev–Trinajstić information content (AvgIpc) is 2.67. The van der Waals surface area contributed by atoms with Crippen LogP contribution >= 0.6 is 0 Å². The monoisotopic (exact) mass is 204 g/mol. The first-order valence-electron chi connectivity index (χ1n) is 4.99. The van der Waals surface area contributed by atoms with Gasteiger partial charge in [0, 0.05) is 11.9 Å². The van der Waals surface area contributed by atoms with E-state index in [4.69, 9.17) is 0 Å². The lowest BCUT2D eigenvalue weighted by Gasteiger charge is -2.10. The Balaban J connectivity index is 2.55. The molecule has 2 nitrogen and oxygen atoms in total. The van der Waals surface area contributed by atoms with E-state index in [1.807, 2.05) is 12.1 Å². The number of hydrogen-bond acceptors (Lipinski definition) is 1. The SMILES string of the molecule is CC(C)c1ccnn1-c1ccccc1F. The molecule has 0 aliphatic heterocycles. The molecule has 78 valence electrons. The van der Waals surface area contributed by atoms with Gasteiger partial charge in [-0.25, -0.2) is 9.07 Å². The third kappa shape index (κ3) is 1.77. The zero-order valence-electron chi connectivity index (χ0n) is 8.81. The van der Waals surface area contributed by atoms with Gasteiger partial charge >= 0.3 is 0 Å². The standard InChI is InChI=1S/C12H13FN2/c1-9(2)11-7-8-14-15(11)12-6-4-3-5-10(12)13/h3-9H,1-2H3. The van der Waals surface area contributed by atoms with Crippen LogP contribution in [0.25, 0.3) is 5.69 Å². The lowest BCUT2D eigenvalue weighted by molar-refractivity contribution is 0.602. The molecule has 0 aliphatic rings. The first kappa shape index (κ1) is 9.90. The van der Waals surface area contributed by atoms with Crippen molar-refractivity contribution in [2.75, 3.05) is 0 Å². The Morgan fingerprint density at radius 1 is 1.20 bits per heavy atom. The van der Waals surface area contributed by atoms with Gasteiger partial charge in [0.05, 0.1) is 0 Å². The average molecular weight is 204 g/mol. The van der Waals surface area contributed by atoms with Crippen LogP contribution in [-0.4, -0.2) is 9.78 Å². The number of benzene rings is 1. The normalized spacial score (nSPS) is 10.9. The summed E-state index contributed by atoms with van der Waals surface area (Å²) in [4.78, 5) is 0. The zero-order valence-corrected chi connectivity index (χ0v) is 8.81. The van der Waals surface area contributed by atoms with Gasteiger partial charge in [0.15, 0.2) is 0 Å². The lowest BCUT2D eigenvalue weighted by Crippen LogP contribution is -2.05. The second kappa shape index (κ2) is 3.85. The Hall–Kier alpha value is -1.64. The quantitative estimate of drug-likeness (QED) is 0.734. The van der Waals surface area contributed by atoms with Gasteiger partial charge in [-0.05, 0) is 24.1 Å². The van der Waals surface area contributed by atoms with Crippen LogP contribution in [0.3, 0.4) is 0 Å². The molecule has 0 unspecified atom stereocenters. The van der Waals surface area contributed by atoms with E-state index in [1.165, 1.54) is 6.07 Å². The van der Waals surface area contributed by atoms with Crippen LogP contribution in [-0.2, 0) is 0 Å². The lowest BCUT2D eigenvalue weighted by atomic mass is 10.1. The van der Waals surface area contributed by atoms with Crippen LogP contribution < -0.4 is 0 Å². The zero-order chi connectivity index (χ0) is 10.8. The van der Waals surface area contributed by atoms with E-state index in [9.17, 15) is 4.39 Å². The van der Waals surface area contributed by atoms with Crippen molar-refractivity contribution in [2.24, 2.45) is 0 Å². The Labute approximate surface area is 88.4 Å². The molecular formula is C12H13FN2. The molecule has 0 amide bonds. The van der Waals surface area contributed by atoms with Gasteiger partial charge < -0.3 is 0 Å². The number of hydrogen-bond donors (Lipinski definition) is 0. The van der Waals surface area contributed by atoms with Crippen molar-refractivity contribution in [1.29, 1.82) is 0 Å². The van der Waals surface area contributed by atoms with Crippen molar-refractivity contribution < 1.29 is 4.39 Å². The smallest absolute Gasteiger partial charge is 0.148 e. The van der Waals surface area contributed by atoms with E-state index in [-0.39, 0.29) is 5.82 Å². The van der Waals surface area contributed by atoms with Crippen LogP contribution in [0.4, 0.5) is 4.39 Å². The predicted molar refractivity (Wildman–Crippen MR) is 57.6 cm³/mol. The van der Waals surface area contributed by atoms with Gasteiger partial charge in [-0.2, -0.15) is 5.10 Å². The molecule has 0 N–H and O–H groups in total. The Kier molecular flexibility index (Phi) is 2.54. The van der Waals surface area contributed by atoms with Gasteiger partial charge in [0.2, 0.25) is 0 Å². The van der Waals surface area contributed by atoms with Gasteiger partial charge in [0.1, 0.15) is 11.5 Å². The summed E-state index contributed by atoms with van der Waals surface area (Å²) in [5, 5.41) is 4.15. The third-order valence-corrected chi connectivity index (χ3v) is 2.34. The highest BCUT2D eigenvalue weighted by atomic mass is 19.1. The van der Waals surface area contributed by atoms with Crippen LogP contribution in [0.1, 0.15) is 25.5 Å². The van der Waals surface area contributed by atoms with Crippen molar-refractivity contribution in [3.8, 4) is 5.69 Å². The van der Waals surface area contributed by atoms with E-state index in [1.54, 1.807) is 23.0 Å². The summed E-state index contributed by atoms with van der Waals surface area (Å²) in [6.07, 6.45) is 1.70. The molecule has 3 heteroatoms. The highest BCUT2D eigenvalue weighted by Crippen LogP contribution is 2.19.